The summed E-state index contributed by atoms with van der Waals surface area (Å²) in [5.41, 5.74) is 0. The van der Waals surface area contributed by atoms with Crippen molar-refractivity contribution in [1.29, 1.82) is 0 Å². The summed E-state index contributed by atoms with van der Waals surface area (Å²) in [6.45, 7) is 0.445. The molecule has 0 spiro atoms. The Kier molecular flexibility index (Phi) is 4.86. The number of rotatable bonds is 5. The molecule has 90 valence electrons. The highest BCUT2D eigenvalue weighted by Gasteiger charge is 2.27. The van der Waals surface area contributed by atoms with E-state index in [0.29, 0.717) is 12.6 Å². The van der Waals surface area contributed by atoms with Crippen LogP contribution in [-0.2, 0) is 4.74 Å². The summed E-state index contributed by atoms with van der Waals surface area (Å²) < 4.78 is 40.7. The molecule has 2 atom stereocenters. The van der Waals surface area contributed by atoms with Gasteiger partial charge in [-0.3, -0.25) is 0 Å². The lowest BCUT2D eigenvalue weighted by Gasteiger charge is -2.13. The van der Waals surface area contributed by atoms with E-state index in [1.807, 2.05) is 0 Å². The van der Waals surface area contributed by atoms with Crippen molar-refractivity contribution in [1.82, 2.24) is 5.32 Å². The van der Waals surface area contributed by atoms with Crippen LogP contribution in [0, 0.1) is 0 Å². The third kappa shape index (κ3) is 5.37. The first-order valence-electron chi connectivity index (χ1n) is 5.34. The van der Waals surface area contributed by atoms with Crippen LogP contribution in [0.2, 0.25) is 0 Å². The molecule has 1 aliphatic carbocycles. The van der Waals surface area contributed by atoms with Gasteiger partial charge in [-0.25, -0.2) is 0 Å². The van der Waals surface area contributed by atoms with Crippen LogP contribution in [0.15, 0.2) is 0 Å². The highest BCUT2D eigenvalue weighted by molar-refractivity contribution is 4.80. The van der Waals surface area contributed by atoms with E-state index in [2.05, 4.69) is 5.32 Å². The molecule has 0 aromatic heterocycles. The van der Waals surface area contributed by atoms with E-state index in [-0.39, 0.29) is 12.5 Å². The van der Waals surface area contributed by atoms with Crippen molar-refractivity contribution in [3.05, 3.63) is 0 Å². The number of nitrogens with one attached hydrogen (secondary N) is 1. The third-order valence-corrected chi connectivity index (χ3v) is 2.79. The molecular weight excluding hydrogens is 207 g/mol. The van der Waals surface area contributed by atoms with Gasteiger partial charge < -0.3 is 10.1 Å². The van der Waals surface area contributed by atoms with Crippen LogP contribution in [0.25, 0.3) is 0 Å². The molecule has 0 aromatic carbocycles. The van der Waals surface area contributed by atoms with Gasteiger partial charge in [0.2, 0.25) is 0 Å². The maximum atomic E-state index is 11.8. The maximum absolute atomic E-state index is 11.8. The van der Waals surface area contributed by atoms with E-state index in [1.165, 1.54) is 0 Å². The molecule has 1 fully saturated rings. The second-order valence-electron chi connectivity index (χ2n) is 4.04. The molecule has 0 radical (unpaired) electrons. The van der Waals surface area contributed by atoms with Crippen LogP contribution >= 0.6 is 0 Å². The quantitative estimate of drug-likeness (QED) is 0.726. The topological polar surface area (TPSA) is 21.3 Å². The van der Waals surface area contributed by atoms with Crippen LogP contribution in [0.4, 0.5) is 13.2 Å². The van der Waals surface area contributed by atoms with Gasteiger partial charge in [0.15, 0.2) is 0 Å². The van der Waals surface area contributed by atoms with Crippen LogP contribution in [-0.4, -0.2) is 32.0 Å². The molecule has 0 amide bonds. The smallest absolute Gasteiger partial charge is 0.381 e. The van der Waals surface area contributed by atoms with Crippen molar-refractivity contribution < 1.29 is 17.9 Å². The summed E-state index contributed by atoms with van der Waals surface area (Å²) in [4.78, 5) is 0. The molecule has 0 heterocycles. The van der Waals surface area contributed by atoms with Crippen molar-refractivity contribution in [2.45, 2.75) is 50.4 Å². The van der Waals surface area contributed by atoms with Crippen molar-refractivity contribution in [3.63, 3.8) is 0 Å². The highest BCUT2D eigenvalue weighted by atomic mass is 19.4. The van der Waals surface area contributed by atoms with Gasteiger partial charge in [0.1, 0.15) is 0 Å². The zero-order valence-electron chi connectivity index (χ0n) is 8.94. The largest absolute Gasteiger partial charge is 0.389 e. The summed E-state index contributed by atoms with van der Waals surface area (Å²) in [5, 5.41) is 3.14. The van der Waals surface area contributed by atoms with E-state index in [0.717, 1.165) is 19.3 Å². The van der Waals surface area contributed by atoms with Crippen molar-refractivity contribution in [2.75, 3.05) is 13.7 Å². The zero-order valence-corrected chi connectivity index (χ0v) is 8.94. The highest BCUT2D eigenvalue weighted by Crippen LogP contribution is 2.23. The second-order valence-corrected chi connectivity index (χ2v) is 4.04. The van der Waals surface area contributed by atoms with Gasteiger partial charge in [-0.1, -0.05) is 0 Å². The molecule has 5 heteroatoms. The number of halogens is 3. The molecule has 0 aliphatic heterocycles. The Labute approximate surface area is 88.2 Å². The fourth-order valence-corrected chi connectivity index (χ4v) is 1.93. The molecular formula is C10H18F3NO. The van der Waals surface area contributed by atoms with Crippen LogP contribution < -0.4 is 5.32 Å². The minimum atomic E-state index is -4.02. The molecule has 1 saturated carbocycles. The molecule has 1 aliphatic rings. The van der Waals surface area contributed by atoms with E-state index >= 15 is 0 Å². The van der Waals surface area contributed by atoms with E-state index < -0.39 is 12.6 Å². The fraction of sp³-hybridized carbons (Fsp3) is 1.00. The molecule has 0 saturated heterocycles. The normalized spacial score (nSPS) is 27.2. The van der Waals surface area contributed by atoms with Crippen molar-refractivity contribution in [2.24, 2.45) is 0 Å². The zero-order chi connectivity index (χ0) is 11.3. The monoisotopic (exact) mass is 225 g/mol. The first-order valence-corrected chi connectivity index (χ1v) is 5.34. The SMILES string of the molecule is COC1CCC(NCCCC(F)(F)F)C1. The number of alkyl halides is 3. The Bertz CT molecular complexity index is 184. The number of ether oxygens (including phenoxy) is 1. The Morgan fingerprint density at radius 3 is 2.60 bits per heavy atom. The van der Waals surface area contributed by atoms with E-state index in [4.69, 9.17) is 4.74 Å². The van der Waals surface area contributed by atoms with Gasteiger partial charge in [0.25, 0.3) is 0 Å². The minimum Gasteiger partial charge on any atom is -0.381 e. The molecule has 1 rings (SSSR count). The summed E-state index contributed by atoms with van der Waals surface area (Å²) in [6.07, 6.45) is -1.34. The second kappa shape index (κ2) is 5.70. The van der Waals surface area contributed by atoms with Gasteiger partial charge in [0.05, 0.1) is 6.10 Å². The first kappa shape index (κ1) is 12.8. The minimum absolute atomic E-state index is 0.164. The fourth-order valence-electron chi connectivity index (χ4n) is 1.93. The van der Waals surface area contributed by atoms with Crippen molar-refractivity contribution in [3.8, 4) is 0 Å². The number of hydrogen-bond acceptors (Lipinski definition) is 2. The Morgan fingerprint density at radius 1 is 1.33 bits per heavy atom. The molecule has 2 unspecified atom stereocenters. The third-order valence-electron chi connectivity index (χ3n) is 2.79. The lowest BCUT2D eigenvalue weighted by molar-refractivity contribution is -0.135. The van der Waals surface area contributed by atoms with Crippen molar-refractivity contribution >= 4 is 0 Å². The predicted molar refractivity (Wildman–Crippen MR) is 51.7 cm³/mol. The Balaban J connectivity index is 2.02. The van der Waals surface area contributed by atoms with Crippen LogP contribution in [0.5, 0.6) is 0 Å². The standard InChI is InChI=1S/C10H18F3NO/c1-15-9-4-3-8(7-9)14-6-2-5-10(11,12)13/h8-9,14H,2-7H2,1H3. The Morgan fingerprint density at radius 2 is 2.07 bits per heavy atom. The van der Waals surface area contributed by atoms with Gasteiger partial charge >= 0.3 is 6.18 Å². The van der Waals surface area contributed by atoms with Gasteiger partial charge in [0, 0.05) is 19.6 Å². The molecule has 0 bridgehead atoms. The predicted octanol–water partition coefficient (Wildman–Crippen LogP) is 2.49. The van der Waals surface area contributed by atoms with E-state index in [9.17, 15) is 13.2 Å². The Hall–Kier alpha value is -0.290. The number of hydrogen-bond donors (Lipinski definition) is 1. The maximum Gasteiger partial charge on any atom is 0.389 e. The van der Waals surface area contributed by atoms with E-state index in [1.54, 1.807) is 7.11 Å². The summed E-state index contributed by atoms with van der Waals surface area (Å²) in [7, 11) is 1.68. The van der Waals surface area contributed by atoms with Gasteiger partial charge in [-0.2, -0.15) is 13.2 Å². The summed E-state index contributed by atoms with van der Waals surface area (Å²) in [6, 6.07) is 0.336. The molecule has 2 nitrogen and oxygen atoms in total. The summed E-state index contributed by atoms with van der Waals surface area (Å²) >= 11 is 0. The average molecular weight is 225 g/mol. The van der Waals surface area contributed by atoms with Crippen LogP contribution in [0.3, 0.4) is 0 Å². The number of methoxy groups -OCH3 is 1. The molecule has 15 heavy (non-hydrogen) atoms. The average Bonchev–Trinajstić information content (AvgIpc) is 2.59. The van der Waals surface area contributed by atoms with Crippen LogP contribution in [0.1, 0.15) is 32.1 Å². The van der Waals surface area contributed by atoms with Gasteiger partial charge in [-0.05, 0) is 32.2 Å². The first-order chi connectivity index (χ1) is 7.01. The van der Waals surface area contributed by atoms with Gasteiger partial charge in [-0.15, -0.1) is 0 Å². The summed E-state index contributed by atoms with van der Waals surface area (Å²) in [5.74, 6) is 0. The molecule has 1 N–H and O–H groups in total. The molecule has 0 aromatic rings. The lowest BCUT2D eigenvalue weighted by Crippen LogP contribution is -2.28. The lowest BCUT2D eigenvalue weighted by atomic mass is 10.2.